The van der Waals surface area contributed by atoms with Gasteiger partial charge in [-0.3, -0.25) is 0 Å². The number of benzene rings is 1. The van der Waals surface area contributed by atoms with Crippen molar-refractivity contribution in [3.05, 3.63) is 29.8 Å². The molecule has 0 aliphatic carbocycles. The summed E-state index contributed by atoms with van der Waals surface area (Å²) < 4.78 is 10.7. The lowest BCUT2D eigenvalue weighted by molar-refractivity contribution is 0.0185. The molecule has 1 aliphatic heterocycles. The van der Waals surface area contributed by atoms with Crippen LogP contribution in [0.15, 0.2) is 29.3 Å². The van der Waals surface area contributed by atoms with Crippen LogP contribution in [0, 0.1) is 5.92 Å². The molecule has 1 aliphatic rings. The molecule has 2 rings (SSSR count). The maximum Gasteiger partial charge on any atom is 0.410 e. The van der Waals surface area contributed by atoms with Gasteiger partial charge in [0.25, 0.3) is 0 Å². The number of guanidine groups is 1. The summed E-state index contributed by atoms with van der Waals surface area (Å²) >= 11 is 0. The first-order valence-corrected chi connectivity index (χ1v) is 10.4. The van der Waals surface area contributed by atoms with E-state index in [0.29, 0.717) is 12.5 Å². The van der Waals surface area contributed by atoms with Crippen LogP contribution in [-0.4, -0.2) is 55.8 Å². The second kappa shape index (κ2) is 10.9. The van der Waals surface area contributed by atoms with Crippen molar-refractivity contribution in [1.29, 1.82) is 0 Å². The van der Waals surface area contributed by atoms with Gasteiger partial charge in [0.1, 0.15) is 11.4 Å². The molecule has 0 radical (unpaired) electrons. The number of ether oxygens (including phenoxy) is 2. The molecule has 1 aromatic rings. The minimum Gasteiger partial charge on any atom is -0.497 e. The molecule has 29 heavy (non-hydrogen) atoms. The third-order valence-corrected chi connectivity index (χ3v) is 4.72. The number of amides is 1. The predicted molar refractivity (Wildman–Crippen MR) is 116 cm³/mol. The van der Waals surface area contributed by atoms with Crippen LogP contribution in [0.5, 0.6) is 5.75 Å². The standard InChI is InChI=1S/C22H36N4O3/c1-6-23-20(25-16-18-8-7-9-19(14-18)28-5)24-15-17-10-12-26(13-11-17)21(27)29-22(2,3)4/h7-9,14,17H,6,10-13,15-16H2,1-5H3,(H2,23,24,25). The van der Waals surface area contributed by atoms with Gasteiger partial charge in [0, 0.05) is 26.2 Å². The minimum atomic E-state index is -0.449. The molecular formula is C22H36N4O3. The van der Waals surface area contributed by atoms with E-state index in [1.807, 2.05) is 49.9 Å². The summed E-state index contributed by atoms with van der Waals surface area (Å²) in [6, 6.07) is 7.95. The van der Waals surface area contributed by atoms with Gasteiger partial charge in [0.05, 0.1) is 13.7 Å². The smallest absolute Gasteiger partial charge is 0.410 e. The Labute approximate surface area is 174 Å². The minimum absolute atomic E-state index is 0.211. The molecule has 2 N–H and O–H groups in total. The van der Waals surface area contributed by atoms with Crippen LogP contribution in [0.25, 0.3) is 0 Å². The van der Waals surface area contributed by atoms with E-state index in [4.69, 9.17) is 9.47 Å². The molecule has 1 saturated heterocycles. The van der Waals surface area contributed by atoms with Crippen LogP contribution in [-0.2, 0) is 11.3 Å². The highest BCUT2D eigenvalue weighted by Gasteiger charge is 2.26. The number of nitrogens with one attached hydrogen (secondary N) is 2. The Morgan fingerprint density at radius 3 is 2.59 bits per heavy atom. The third kappa shape index (κ3) is 8.21. The van der Waals surface area contributed by atoms with Crippen molar-refractivity contribution < 1.29 is 14.3 Å². The third-order valence-electron chi connectivity index (χ3n) is 4.72. The number of methoxy groups -OCH3 is 1. The van der Waals surface area contributed by atoms with Crippen molar-refractivity contribution in [2.24, 2.45) is 10.9 Å². The SMILES string of the molecule is CCNC(=NCc1cccc(OC)c1)NCC1CCN(C(=O)OC(C)(C)C)CC1. The quantitative estimate of drug-likeness (QED) is 0.561. The van der Waals surface area contributed by atoms with Crippen molar-refractivity contribution in [2.75, 3.05) is 33.3 Å². The molecule has 0 spiro atoms. The average Bonchev–Trinajstić information content (AvgIpc) is 2.69. The fourth-order valence-corrected chi connectivity index (χ4v) is 3.17. The monoisotopic (exact) mass is 404 g/mol. The zero-order chi connectivity index (χ0) is 21.3. The van der Waals surface area contributed by atoms with Gasteiger partial charge < -0.3 is 25.0 Å². The van der Waals surface area contributed by atoms with Crippen LogP contribution in [0.4, 0.5) is 4.79 Å². The van der Waals surface area contributed by atoms with Gasteiger partial charge >= 0.3 is 6.09 Å². The zero-order valence-corrected chi connectivity index (χ0v) is 18.5. The lowest BCUT2D eigenvalue weighted by Crippen LogP contribution is -2.45. The van der Waals surface area contributed by atoms with Crippen molar-refractivity contribution in [1.82, 2.24) is 15.5 Å². The summed E-state index contributed by atoms with van der Waals surface area (Å²) in [5.74, 6) is 2.16. The Bertz CT molecular complexity index is 677. The Morgan fingerprint density at radius 1 is 1.24 bits per heavy atom. The molecule has 1 fully saturated rings. The first kappa shape index (κ1) is 22.8. The summed E-state index contributed by atoms with van der Waals surface area (Å²) in [7, 11) is 1.67. The van der Waals surface area contributed by atoms with Crippen LogP contribution < -0.4 is 15.4 Å². The molecule has 1 heterocycles. The van der Waals surface area contributed by atoms with Crippen molar-refractivity contribution in [3.8, 4) is 5.75 Å². The highest BCUT2D eigenvalue weighted by molar-refractivity contribution is 5.79. The average molecular weight is 405 g/mol. The van der Waals surface area contributed by atoms with E-state index >= 15 is 0 Å². The summed E-state index contributed by atoms with van der Waals surface area (Å²) in [5, 5.41) is 6.74. The van der Waals surface area contributed by atoms with Crippen LogP contribution >= 0.6 is 0 Å². The van der Waals surface area contributed by atoms with E-state index in [0.717, 1.165) is 56.3 Å². The normalized spacial score (nSPS) is 15.8. The van der Waals surface area contributed by atoms with Gasteiger partial charge in [-0.1, -0.05) is 12.1 Å². The Hall–Kier alpha value is -2.44. The number of hydrogen-bond donors (Lipinski definition) is 2. The first-order valence-electron chi connectivity index (χ1n) is 10.4. The first-order chi connectivity index (χ1) is 13.8. The molecular weight excluding hydrogens is 368 g/mol. The number of piperidine rings is 1. The second-order valence-corrected chi connectivity index (χ2v) is 8.34. The molecule has 162 valence electrons. The molecule has 7 nitrogen and oxygen atoms in total. The van der Waals surface area contributed by atoms with Crippen LogP contribution in [0.2, 0.25) is 0 Å². The number of hydrogen-bond acceptors (Lipinski definition) is 4. The van der Waals surface area contributed by atoms with E-state index < -0.39 is 5.60 Å². The molecule has 1 amide bonds. The van der Waals surface area contributed by atoms with Crippen LogP contribution in [0.1, 0.15) is 46.1 Å². The Morgan fingerprint density at radius 2 is 1.97 bits per heavy atom. The summed E-state index contributed by atoms with van der Waals surface area (Å²) in [5.41, 5.74) is 0.655. The molecule has 0 saturated carbocycles. The van der Waals surface area contributed by atoms with Crippen molar-refractivity contribution in [2.45, 2.75) is 52.7 Å². The summed E-state index contributed by atoms with van der Waals surface area (Å²) in [6.45, 7) is 11.5. The molecule has 7 heteroatoms. The van der Waals surface area contributed by atoms with E-state index in [9.17, 15) is 4.79 Å². The van der Waals surface area contributed by atoms with Gasteiger partial charge in [-0.05, 0) is 64.2 Å². The summed E-state index contributed by atoms with van der Waals surface area (Å²) in [6.07, 6.45) is 1.71. The Balaban J connectivity index is 1.81. The van der Waals surface area contributed by atoms with E-state index in [1.165, 1.54) is 0 Å². The lowest BCUT2D eigenvalue weighted by Gasteiger charge is -2.33. The predicted octanol–water partition coefficient (Wildman–Crippen LogP) is 3.40. The fourth-order valence-electron chi connectivity index (χ4n) is 3.17. The van der Waals surface area contributed by atoms with Crippen molar-refractivity contribution >= 4 is 12.1 Å². The number of aliphatic imine (C=N–C) groups is 1. The summed E-state index contributed by atoms with van der Waals surface area (Å²) in [4.78, 5) is 18.7. The van der Waals surface area contributed by atoms with Crippen LogP contribution in [0.3, 0.4) is 0 Å². The number of rotatable bonds is 6. The number of carbonyl (C=O) groups is 1. The molecule has 1 aromatic carbocycles. The largest absolute Gasteiger partial charge is 0.497 e. The number of likely N-dealkylation sites (tertiary alicyclic amines) is 1. The number of nitrogens with zero attached hydrogens (tertiary/aromatic N) is 2. The molecule has 0 aromatic heterocycles. The van der Waals surface area contributed by atoms with Gasteiger partial charge in [-0.15, -0.1) is 0 Å². The lowest BCUT2D eigenvalue weighted by atomic mass is 9.97. The maximum absolute atomic E-state index is 12.2. The second-order valence-electron chi connectivity index (χ2n) is 8.34. The van der Waals surface area contributed by atoms with Gasteiger partial charge in [-0.2, -0.15) is 0 Å². The molecule has 0 bridgehead atoms. The molecule has 0 atom stereocenters. The fraction of sp³-hybridized carbons (Fsp3) is 0.636. The Kier molecular flexibility index (Phi) is 8.61. The topological polar surface area (TPSA) is 75.2 Å². The number of carbonyl (C=O) groups excluding carboxylic acids is 1. The van der Waals surface area contributed by atoms with Crippen molar-refractivity contribution in [3.63, 3.8) is 0 Å². The van der Waals surface area contributed by atoms with Gasteiger partial charge in [0.2, 0.25) is 0 Å². The highest BCUT2D eigenvalue weighted by Crippen LogP contribution is 2.19. The zero-order valence-electron chi connectivity index (χ0n) is 18.5. The van der Waals surface area contributed by atoms with E-state index in [2.05, 4.69) is 22.5 Å². The highest BCUT2D eigenvalue weighted by atomic mass is 16.6. The molecule has 0 unspecified atom stereocenters. The van der Waals surface area contributed by atoms with E-state index in [1.54, 1.807) is 7.11 Å². The van der Waals surface area contributed by atoms with Gasteiger partial charge in [0.15, 0.2) is 5.96 Å². The maximum atomic E-state index is 12.2. The van der Waals surface area contributed by atoms with Gasteiger partial charge in [-0.25, -0.2) is 9.79 Å². The van der Waals surface area contributed by atoms with E-state index in [-0.39, 0.29) is 6.09 Å².